The molecule has 0 fully saturated rings. The van der Waals surface area contributed by atoms with Crippen molar-refractivity contribution in [2.75, 3.05) is 20.8 Å². The molecule has 0 spiro atoms. The molecule has 4 atom stereocenters. The SMILES string of the molecule is COc1cc2c(cc1OC)C(C)CC(C(C)CC(CCO)CC(C)C)CC2. The molecule has 1 aromatic carbocycles. The molecule has 1 aromatic rings. The van der Waals surface area contributed by atoms with Crippen LogP contribution in [0.4, 0.5) is 0 Å². The predicted octanol–water partition coefficient (Wildman–Crippen LogP) is 5.83. The van der Waals surface area contributed by atoms with Gasteiger partial charge < -0.3 is 14.6 Å². The number of hydrogen-bond acceptors (Lipinski definition) is 3. The van der Waals surface area contributed by atoms with Crippen molar-refractivity contribution in [3.05, 3.63) is 23.3 Å². The maximum atomic E-state index is 9.45. The largest absolute Gasteiger partial charge is 0.493 e. The third kappa shape index (κ3) is 5.88. The number of benzene rings is 1. The fraction of sp³-hybridized carbons (Fsp3) is 0.750. The van der Waals surface area contributed by atoms with Crippen LogP contribution in [0.25, 0.3) is 0 Å². The Morgan fingerprint density at radius 1 is 1.07 bits per heavy atom. The van der Waals surface area contributed by atoms with Gasteiger partial charge in [0.1, 0.15) is 0 Å². The number of hydrogen-bond donors (Lipinski definition) is 1. The summed E-state index contributed by atoms with van der Waals surface area (Å²) >= 11 is 0. The number of rotatable bonds is 9. The number of aliphatic hydroxyl groups is 1. The zero-order valence-corrected chi connectivity index (χ0v) is 18.3. The predicted molar refractivity (Wildman–Crippen MR) is 113 cm³/mol. The van der Waals surface area contributed by atoms with Crippen molar-refractivity contribution in [3.63, 3.8) is 0 Å². The van der Waals surface area contributed by atoms with Crippen LogP contribution in [-0.2, 0) is 6.42 Å². The summed E-state index contributed by atoms with van der Waals surface area (Å²) in [5.74, 6) is 5.00. The fourth-order valence-electron chi connectivity index (χ4n) is 5.07. The summed E-state index contributed by atoms with van der Waals surface area (Å²) < 4.78 is 11.1. The molecule has 0 saturated carbocycles. The van der Waals surface area contributed by atoms with Crippen LogP contribution in [0.15, 0.2) is 12.1 Å². The van der Waals surface area contributed by atoms with Crippen LogP contribution in [0.3, 0.4) is 0 Å². The molecule has 0 saturated heterocycles. The smallest absolute Gasteiger partial charge is 0.161 e. The van der Waals surface area contributed by atoms with E-state index in [0.717, 1.165) is 30.3 Å². The second-order valence-electron chi connectivity index (χ2n) is 9.06. The molecule has 0 aromatic heterocycles. The monoisotopic (exact) mass is 376 g/mol. The van der Waals surface area contributed by atoms with Crippen molar-refractivity contribution >= 4 is 0 Å². The molecule has 0 heterocycles. The second kappa shape index (κ2) is 10.4. The van der Waals surface area contributed by atoms with Gasteiger partial charge in [0, 0.05) is 6.61 Å². The molecule has 3 heteroatoms. The first-order chi connectivity index (χ1) is 12.9. The van der Waals surface area contributed by atoms with Gasteiger partial charge in [-0.25, -0.2) is 0 Å². The Hall–Kier alpha value is -1.22. The summed E-state index contributed by atoms with van der Waals surface area (Å²) in [5.41, 5.74) is 2.85. The molecule has 1 aliphatic carbocycles. The van der Waals surface area contributed by atoms with E-state index in [1.54, 1.807) is 14.2 Å². The zero-order valence-electron chi connectivity index (χ0n) is 18.3. The summed E-state index contributed by atoms with van der Waals surface area (Å²) in [6.07, 6.45) is 6.99. The average molecular weight is 377 g/mol. The quantitative estimate of drug-likeness (QED) is 0.551. The molecule has 0 radical (unpaired) electrons. The van der Waals surface area contributed by atoms with Crippen molar-refractivity contribution in [1.29, 1.82) is 0 Å². The van der Waals surface area contributed by atoms with Gasteiger partial charge in [-0.1, -0.05) is 27.7 Å². The lowest BCUT2D eigenvalue weighted by Crippen LogP contribution is -2.19. The molecule has 0 aliphatic heterocycles. The molecule has 2 rings (SSSR count). The Kier molecular flexibility index (Phi) is 8.47. The van der Waals surface area contributed by atoms with Gasteiger partial charge in [-0.15, -0.1) is 0 Å². The number of aliphatic hydroxyl groups excluding tert-OH is 1. The molecule has 154 valence electrons. The van der Waals surface area contributed by atoms with Crippen molar-refractivity contribution < 1.29 is 14.6 Å². The maximum Gasteiger partial charge on any atom is 0.161 e. The molecule has 1 aliphatic rings. The van der Waals surface area contributed by atoms with E-state index < -0.39 is 0 Å². The third-order valence-corrected chi connectivity index (χ3v) is 6.47. The minimum Gasteiger partial charge on any atom is -0.493 e. The van der Waals surface area contributed by atoms with E-state index in [1.807, 2.05) is 0 Å². The van der Waals surface area contributed by atoms with Gasteiger partial charge in [-0.05, 0) is 91.4 Å². The summed E-state index contributed by atoms with van der Waals surface area (Å²) in [6.45, 7) is 9.69. The maximum absolute atomic E-state index is 9.45. The van der Waals surface area contributed by atoms with Crippen molar-refractivity contribution in [3.8, 4) is 11.5 Å². The van der Waals surface area contributed by atoms with E-state index in [-0.39, 0.29) is 0 Å². The van der Waals surface area contributed by atoms with E-state index in [9.17, 15) is 5.11 Å². The summed E-state index contributed by atoms with van der Waals surface area (Å²) in [7, 11) is 3.43. The molecular weight excluding hydrogens is 336 g/mol. The molecular formula is C24H40O3. The fourth-order valence-corrected chi connectivity index (χ4v) is 5.07. The normalized spacial score (nSPS) is 22.1. The molecule has 3 nitrogen and oxygen atoms in total. The minimum absolute atomic E-state index is 0.316. The first-order valence-corrected chi connectivity index (χ1v) is 10.7. The molecule has 0 bridgehead atoms. The lowest BCUT2D eigenvalue weighted by molar-refractivity contribution is 0.194. The topological polar surface area (TPSA) is 38.7 Å². The Morgan fingerprint density at radius 3 is 2.33 bits per heavy atom. The Bertz CT molecular complexity index is 581. The first-order valence-electron chi connectivity index (χ1n) is 10.7. The van der Waals surface area contributed by atoms with E-state index in [1.165, 1.54) is 36.8 Å². The lowest BCUT2D eigenvalue weighted by Gasteiger charge is -2.29. The minimum atomic E-state index is 0.316. The van der Waals surface area contributed by atoms with Crippen LogP contribution >= 0.6 is 0 Å². The van der Waals surface area contributed by atoms with Gasteiger partial charge >= 0.3 is 0 Å². The highest BCUT2D eigenvalue weighted by atomic mass is 16.5. The third-order valence-electron chi connectivity index (χ3n) is 6.47. The van der Waals surface area contributed by atoms with Gasteiger partial charge in [0.25, 0.3) is 0 Å². The van der Waals surface area contributed by atoms with Crippen LogP contribution in [0.1, 0.15) is 76.8 Å². The molecule has 27 heavy (non-hydrogen) atoms. The second-order valence-corrected chi connectivity index (χ2v) is 9.06. The van der Waals surface area contributed by atoms with E-state index in [0.29, 0.717) is 30.3 Å². The van der Waals surface area contributed by atoms with Gasteiger partial charge in [0.05, 0.1) is 14.2 Å². The number of methoxy groups -OCH3 is 2. The van der Waals surface area contributed by atoms with Crippen LogP contribution in [0.2, 0.25) is 0 Å². The van der Waals surface area contributed by atoms with Gasteiger partial charge in [0.2, 0.25) is 0 Å². The Morgan fingerprint density at radius 2 is 1.74 bits per heavy atom. The van der Waals surface area contributed by atoms with E-state index >= 15 is 0 Å². The first kappa shape index (κ1) is 22.1. The summed E-state index contributed by atoms with van der Waals surface area (Å²) in [4.78, 5) is 0. The van der Waals surface area contributed by atoms with Gasteiger partial charge in [-0.2, -0.15) is 0 Å². The van der Waals surface area contributed by atoms with Gasteiger partial charge in [-0.3, -0.25) is 0 Å². The highest BCUT2D eigenvalue weighted by Crippen LogP contribution is 2.42. The molecule has 4 unspecified atom stereocenters. The standard InChI is InChI=1S/C24H40O3/c1-16(2)11-19(9-10-25)12-17(3)20-7-8-21-14-23(26-5)24(27-6)15-22(21)18(4)13-20/h14-20,25H,7-13H2,1-6H3. The Balaban J connectivity index is 2.11. The highest BCUT2D eigenvalue weighted by molar-refractivity contribution is 5.49. The van der Waals surface area contributed by atoms with Crippen molar-refractivity contribution in [1.82, 2.24) is 0 Å². The molecule has 0 amide bonds. The van der Waals surface area contributed by atoms with E-state index in [4.69, 9.17) is 9.47 Å². The number of ether oxygens (including phenoxy) is 2. The summed E-state index contributed by atoms with van der Waals surface area (Å²) in [5, 5.41) is 9.45. The Labute approximate surface area is 166 Å². The van der Waals surface area contributed by atoms with Crippen LogP contribution in [0.5, 0.6) is 11.5 Å². The van der Waals surface area contributed by atoms with Crippen LogP contribution < -0.4 is 9.47 Å². The van der Waals surface area contributed by atoms with Crippen molar-refractivity contribution in [2.24, 2.45) is 23.7 Å². The van der Waals surface area contributed by atoms with Crippen molar-refractivity contribution in [2.45, 2.75) is 72.1 Å². The van der Waals surface area contributed by atoms with Crippen LogP contribution in [0, 0.1) is 23.7 Å². The lowest BCUT2D eigenvalue weighted by atomic mass is 9.77. The zero-order chi connectivity index (χ0) is 20.0. The van der Waals surface area contributed by atoms with Gasteiger partial charge in [0.15, 0.2) is 11.5 Å². The summed E-state index contributed by atoms with van der Waals surface area (Å²) in [6, 6.07) is 4.38. The average Bonchev–Trinajstić information content (AvgIpc) is 2.79. The highest BCUT2D eigenvalue weighted by Gasteiger charge is 2.28. The van der Waals surface area contributed by atoms with Crippen LogP contribution in [-0.4, -0.2) is 25.9 Å². The number of aryl methyl sites for hydroxylation is 1. The number of fused-ring (bicyclic) bond motifs is 1. The molecule has 1 N–H and O–H groups in total. The van der Waals surface area contributed by atoms with E-state index in [2.05, 4.69) is 39.8 Å².